The van der Waals surface area contributed by atoms with Crippen molar-refractivity contribution in [2.75, 3.05) is 26.3 Å². The predicted molar refractivity (Wildman–Crippen MR) is 93.4 cm³/mol. The number of fused-ring (bicyclic) bond motifs is 1. The van der Waals surface area contributed by atoms with Crippen LogP contribution in [0.5, 0.6) is 11.5 Å². The molecular weight excluding hydrogens is 304 g/mol. The van der Waals surface area contributed by atoms with Crippen LogP contribution in [0.2, 0.25) is 0 Å². The molecule has 0 aromatic heterocycles. The predicted octanol–water partition coefficient (Wildman–Crippen LogP) is 2.32. The van der Waals surface area contributed by atoms with Gasteiger partial charge in [0, 0.05) is 19.1 Å². The smallest absolute Gasteiger partial charge is 0.232 e. The van der Waals surface area contributed by atoms with Crippen LogP contribution in [0, 0.1) is 5.92 Å². The van der Waals surface area contributed by atoms with E-state index in [0.29, 0.717) is 19.1 Å². The molecule has 2 N–H and O–H groups in total. The van der Waals surface area contributed by atoms with E-state index in [1.165, 1.54) is 0 Å². The van der Waals surface area contributed by atoms with E-state index >= 15 is 0 Å². The normalized spacial score (nSPS) is 19.9. The Labute approximate surface area is 144 Å². The molecule has 5 nitrogen and oxygen atoms in total. The third-order valence-corrected chi connectivity index (χ3v) is 5.37. The maximum atomic E-state index is 13.1. The van der Waals surface area contributed by atoms with E-state index in [9.17, 15) is 4.79 Å². The molecule has 5 heteroatoms. The Kier molecular flexibility index (Phi) is 4.72. The zero-order chi connectivity index (χ0) is 17.3. The number of nitrogens with zero attached hydrogens (tertiary/aromatic N) is 1. The van der Waals surface area contributed by atoms with Crippen molar-refractivity contribution in [3.05, 3.63) is 23.8 Å². The number of carbonyl (C=O) groups is 1. The average Bonchev–Trinajstić information content (AvgIpc) is 2.60. The highest BCUT2D eigenvalue weighted by Gasteiger charge is 2.36. The first-order chi connectivity index (χ1) is 11.4. The van der Waals surface area contributed by atoms with Crippen LogP contribution in [0.3, 0.4) is 0 Å². The summed E-state index contributed by atoms with van der Waals surface area (Å²) in [6, 6.07) is 6.02. The zero-order valence-electron chi connectivity index (χ0n) is 14.9. The van der Waals surface area contributed by atoms with Gasteiger partial charge in [-0.15, -0.1) is 0 Å². The molecule has 1 amide bonds. The molecule has 1 aromatic carbocycles. The molecule has 3 rings (SSSR count). The van der Waals surface area contributed by atoms with Crippen molar-refractivity contribution in [2.45, 2.75) is 45.1 Å². The van der Waals surface area contributed by atoms with E-state index in [4.69, 9.17) is 15.2 Å². The molecule has 2 heterocycles. The largest absolute Gasteiger partial charge is 0.486 e. The van der Waals surface area contributed by atoms with Gasteiger partial charge in [0.2, 0.25) is 5.91 Å². The second kappa shape index (κ2) is 6.63. The number of nitrogens with two attached hydrogens (primary N) is 1. The van der Waals surface area contributed by atoms with Gasteiger partial charge in [0.05, 0.1) is 5.41 Å². The van der Waals surface area contributed by atoms with Crippen molar-refractivity contribution in [2.24, 2.45) is 11.7 Å². The molecule has 2 aliphatic heterocycles. The summed E-state index contributed by atoms with van der Waals surface area (Å²) >= 11 is 0. The van der Waals surface area contributed by atoms with Gasteiger partial charge in [-0.05, 0) is 57.2 Å². The molecule has 1 unspecified atom stereocenters. The number of likely N-dealkylation sites (tertiary alicyclic amines) is 1. The summed E-state index contributed by atoms with van der Waals surface area (Å²) in [5.74, 6) is 2.18. The lowest BCUT2D eigenvalue weighted by atomic mass is 9.81. The highest BCUT2D eigenvalue weighted by molar-refractivity contribution is 5.87. The second-order valence-corrected chi connectivity index (χ2v) is 7.47. The molecule has 0 aliphatic carbocycles. The number of hydrogen-bond donors (Lipinski definition) is 1. The van der Waals surface area contributed by atoms with E-state index in [1.807, 2.05) is 36.9 Å². The number of rotatable bonds is 3. The van der Waals surface area contributed by atoms with Crippen molar-refractivity contribution in [1.29, 1.82) is 0 Å². The minimum absolute atomic E-state index is 0.169. The lowest BCUT2D eigenvalue weighted by Crippen LogP contribution is -2.48. The van der Waals surface area contributed by atoms with Gasteiger partial charge in [-0.2, -0.15) is 0 Å². The lowest BCUT2D eigenvalue weighted by molar-refractivity contribution is -0.137. The van der Waals surface area contributed by atoms with Crippen LogP contribution in [0.4, 0.5) is 0 Å². The van der Waals surface area contributed by atoms with E-state index in [1.54, 1.807) is 0 Å². The summed E-state index contributed by atoms with van der Waals surface area (Å²) < 4.78 is 11.2. The zero-order valence-corrected chi connectivity index (χ0v) is 14.9. The number of piperidine rings is 1. The SMILES string of the molecule is CC(N)C1CCN(C(=O)C(C)(C)c2ccc3c(c2)OCCO3)CC1. The van der Waals surface area contributed by atoms with Gasteiger partial charge < -0.3 is 20.1 Å². The van der Waals surface area contributed by atoms with E-state index in [-0.39, 0.29) is 11.9 Å². The minimum atomic E-state index is -0.586. The number of hydrogen-bond acceptors (Lipinski definition) is 4. The van der Waals surface area contributed by atoms with Crippen molar-refractivity contribution in [3.8, 4) is 11.5 Å². The molecule has 1 atom stereocenters. The van der Waals surface area contributed by atoms with Crippen molar-refractivity contribution < 1.29 is 14.3 Å². The summed E-state index contributed by atoms with van der Waals surface area (Å²) in [4.78, 5) is 15.1. The van der Waals surface area contributed by atoms with E-state index in [2.05, 4.69) is 6.92 Å². The molecule has 2 aliphatic rings. The van der Waals surface area contributed by atoms with Crippen LogP contribution in [0.25, 0.3) is 0 Å². The highest BCUT2D eigenvalue weighted by Crippen LogP contribution is 2.36. The van der Waals surface area contributed by atoms with Crippen LogP contribution in [0.1, 0.15) is 39.2 Å². The average molecular weight is 332 g/mol. The number of carbonyl (C=O) groups excluding carboxylic acids is 1. The third-order valence-electron chi connectivity index (χ3n) is 5.37. The van der Waals surface area contributed by atoms with Gasteiger partial charge in [-0.25, -0.2) is 0 Å². The molecule has 1 aromatic rings. The standard InChI is InChI=1S/C19H28N2O3/c1-13(20)14-6-8-21(9-7-14)18(22)19(2,3)15-4-5-16-17(12-15)24-11-10-23-16/h4-5,12-14H,6-11,20H2,1-3H3. The molecule has 0 radical (unpaired) electrons. The van der Waals surface area contributed by atoms with Gasteiger partial charge >= 0.3 is 0 Å². The van der Waals surface area contributed by atoms with Crippen molar-refractivity contribution >= 4 is 5.91 Å². The van der Waals surface area contributed by atoms with Crippen molar-refractivity contribution in [3.63, 3.8) is 0 Å². The summed E-state index contributed by atoms with van der Waals surface area (Å²) in [5.41, 5.74) is 6.38. The first-order valence-electron chi connectivity index (χ1n) is 8.84. The van der Waals surface area contributed by atoms with Gasteiger partial charge in [0.1, 0.15) is 13.2 Å². The lowest BCUT2D eigenvalue weighted by Gasteiger charge is -2.38. The Bertz CT molecular complexity index is 605. The Morgan fingerprint density at radius 1 is 1.21 bits per heavy atom. The number of amides is 1. The Morgan fingerprint density at radius 2 is 1.83 bits per heavy atom. The second-order valence-electron chi connectivity index (χ2n) is 7.47. The first-order valence-corrected chi connectivity index (χ1v) is 8.84. The first kappa shape index (κ1) is 17.1. The third kappa shape index (κ3) is 3.22. The van der Waals surface area contributed by atoms with Crippen LogP contribution in [-0.4, -0.2) is 43.2 Å². The molecule has 0 spiro atoms. The molecular formula is C19H28N2O3. The Morgan fingerprint density at radius 3 is 2.46 bits per heavy atom. The van der Waals surface area contributed by atoms with Crippen LogP contribution >= 0.6 is 0 Å². The Hall–Kier alpha value is -1.75. The maximum absolute atomic E-state index is 13.1. The molecule has 1 saturated heterocycles. The number of benzene rings is 1. The van der Waals surface area contributed by atoms with E-state index < -0.39 is 5.41 Å². The summed E-state index contributed by atoms with van der Waals surface area (Å²) in [5, 5.41) is 0. The van der Waals surface area contributed by atoms with Gasteiger partial charge in [0.15, 0.2) is 11.5 Å². The van der Waals surface area contributed by atoms with Gasteiger partial charge in [0.25, 0.3) is 0 Å². The topological polar surface area (TPSA) is 64.8 Å². The summed E-state index contributed by atoms with van der Waals surface area (Å²) in [6.07, 6.45) is 1.97. The fourth-order valence-corrected chi connectivity index (χ4v) is 3.58. The van der Waals surface area contributed by atoms with Gasteiger partial charge in [-0.3, -0.25) is 4.79 Å². The maximum Gasteiger partial charge on any atom is 0.232 e. The molecule has 0 saturated carbocycles. The monoisotopic (exact) mass is 332 g/mol. The quantitative estimate of drug-likeness (QED) is 0.922. The summed E-state index contributed by atoms with van der Waals surface area (Å²) in [7, 11) is 0. The molecule has 0 bridgehead atoms. The van der Waals surface area contributed by atoms with E-state index in [0.717, 1.165) is 43.0 Å². The van der Waals surface area contributed by atoms with Crippen LogP contribution < -0.4 is 15.2 Å². The van der Waals surface area contributed by atoms with Crippen molar-refractivity contribution in [1.82, 2.24) is 4.90 Å². The Balaban J connectivity index is 1.74. The summed E-state index contributed by atoms with van der Waals surface area (Å²) in [6.45, 7) is 8.73. The number of ether oxygens (including phenoxy) is 2. The highest BCUT2D eigenvalue weighted by atomic mass is 16.6. The molecule has 1 fully saturated rings. The molecule has 132 valence electrons. The van der Waals surface area contributed by atoms with Crippen LogP contribution in [0.15, 0.2) is 18.2 Å². The minimum Gasteiger partial charge on any atom is -0.486 e. The fraction of sp³-hybridized carbons (Fsp3) is 0.632. The fourth-order valence-electron chi connectivity index (χ4n) is 3.58. The molecule has 24 heavy (non-hydrogen) atoms. The van der Waals surface area contributed by atoms with Crippen LogP contribution in [-0.2, 0) is 10.2 Å². The van der Waals surface area contributed by atoms with Gasteiger partial charge in [-0.1, -0.05) is 6.07 Å².